The molecule has 2 amide bonds. The second-order valence-corrected chi connectivity index (χ2v) is 12.5. The lowest BCUT2D eigenvalue weighted by Crippen LogP contribution is -2.51. The first-order valence-electron chi connectivity index (χ1n) is 16.3. The molecule has 0 bridgehead atoms. The van der Waals surface area contributed by atoms with Crippen LogP contribution in [0.25, 0.3) is 28.2 Å². The fourth-order valence-corrected chi connectivity index (χ4v) is 6.41. The summed E-state index contributed by atoms with van der Waals surface area (Å²) in [7, 11) is 0. The Morgan fingerprint density at radius 2 is 1.72 bits per heavy atom. The molecule has 53 heavy (non-hydrogen) atoms. The predicted octanol–water partition coefficient (Wildman–Crippen LogP) is 4.14. The molecule has 0 aliphatic carbocycles. The van der Waals surface area contributed by atoms with Crippen LogP contribution in [0.5, 0.6) is 5.75 Å². The maximum Gasteiger partial charge on any atom is 0.416 e. The number of anilines is 2. The molecule has 6 aromatic rings. The highest BCUT2D eigenvalue weighted by Gasteiger charge is 2.32. The number of hydrogen-bond acceptors (Lipinski definition) is 11. The van der Waals surface area contributed by atoms with Crippen molar-refractivity contribution in [2.75, 3.05) is 36.4 Å². The van der Waals surface area contributed by atoms with Crippen LogP contribution in [0.2, 0.25) is 5.02 Å². The summed E-state index contributed by atoms with van der Waals surface area (Å²) in [5.41, 5.74) is 1.02. The Kier molecular flexibility index (Phi) is 9.15. The van der Waals surface area contributed by atoms with Crippen LogP contribution in [0, 0.1) is 6.92 Å². The number of fused-ring (bicyclic) bond motifs is 2. The second kappa shape index (κ2) is 13.8. The van der Waals surface area contributed by atoms with Crippen LogP contribution < -0.4 is 15.8 Å². The van der Waals surface area contributed by atoms with Crippen molar-refractivity contribution in [3.63, 3.8) is 0 Å². The Bertz CT molecular complexity index is 2480. The number of rotatable bonds is 7. The van der Waals surface area contributed by atoms with Crippen molar-refractivity contribution >= 4 is 51.6 Å². The monoisotopic (exact) mass is 747 g/mol. The highest BCUT2D eigenvalue weighted by molar-refractivity contribution is 6.33. The number of aromatic hydroxyl groups is 1. The fraction of sp³-hybridized carbons (Fsp3) is 0.265. The van der Waals surface area contributed by atoms with Crippen LogP contribution in [0.3, 0.4) is 0 Å². The molecule has 272 valence electrons. The first-order chi connectivity index (χ1) is 25.3. The number of alkyl halides is 3. The minimum atomic E-state index is -4.63. The normalized spacial score (nSPS) is 13.5. The number of nitrogens with zero attached hydrogens (tertiary/aromatic N) is 10. The molecule has 1 fully saturated rings. The van der Waals surface area contributed by atoms with Gasteiger partial charge in [-0.1, -0.05) is 18.5 Å². The van der Waals surface area contributed by atoms with Crippen molar-refractivity contribution in [1.82, 2.24) is 44.0 Å². The zero-order valence-electron chi connectivity index (χ0n) is 28.1. The van der Waals surface area contributed by atoms with Gasteiger partial charge >= 0.3 is 6.18 Å². The van der Waals surface area contributed by atoms with Crippen LogP contribution in [0.4, 0.5) is 24.5 Å². The SMILES string of the molecule is CCc1c(N2CCN(C(=O)c3ncnc(C)c3O)CC2)c(=O)n2nc(-c3ccc4nccnc4c3)nc2n1CC(=O)Nc1ccc(C(F)(F)F)cc1Cl. The maximum absolute atomic E-state index is 14.3. The zero-order chi connectivity index (χ0) is 37.6. The van der Waals surface area contributed by atoms with Crippen LogP contribution in [0.1, 0.15) is 34.4 Å². The molecule has 1 saturated heterocycles. The third kappa shape index (κ3) is 6.68. The molecule has 0 unspecified atom stereocenters. The van der Waals surface area contributed by atoms with E-state index in [0.717, 1.165) is 22.7 Å². The molecule has 2 N–H and O–H groups in total. The lowest BCUT2D eigenvalue weighted by Gasteiger charge is -2.36. The summed E-state index contributed by atoms with van der Waals surface area (Å²) in [5, 5.41) is 17.2. The second-order valence-electron chi connectivity index (χ2n) is 12.1. The number of aryl methyl sites for hydroxylation is 1. The Balaban J connectivity index is 1.27. The summed E-state index contributed by atoms with van der Waals surface area (Å²) in [4.78, 5) is 65.6. The number of nitrogens with one attached hydrogen (secondary N) is 1. The Morgan fingerprint density at radius 3 is 2.42 bits per heavy atom. The van der Waals surface area contributed by atoms with E-state index in [4.69, 9.17) is 11.6 Å². The number of halogens is 4. The quantitative estimate of drug-likeness (QED) is 0.240. The average Bonchev–Trinajstić information content (AvgIpc) is 3.60. The number of hydrogen-bond donors (Lipinski definition) is 2. The predicted molar refractivity (Wildman–Crippen MR) is 187 cm³/mol. The van der Waals surface area contributed by atoms with Crippen LogP contribution in [-0.2, 0) is 23.9 Å². The van der Waals surface area contributed by atoms with Crippen LogP contribution in [-0.4, -0.2) is 87.1 Å². The molecule has 5 heterocycles. The van der Waals surface area contributed by atoms with Crippen molar-refractivity contribution in [3.05, 3.63) is 93.1 Å². The molecular weight excluding hydrogens is 719 g/mol. The van der Waals surface area contributed by atoms with Crippen LogP contribution in [0.15, 0.2) is 59.9 Å². The molecular formula is C34H29ClF3N11O4. The largest absolute Gasteiger partial charge is 0.504 e. The summed E-state index contributed by atoms with van der Waals surface area (Å²) < 4.78 is 42.4. The first-order valence-corrected chi connectivity index (χ1v) is 16.7. The van der Waals surface area contributed by atoms with Crippen molar-refractivity contribution < 1.29 is 27.9 Å². The summed E-state index contributed by atoms with van der Waals surface area (Å²) in [6, 6.07) is 7.79. The third-order valence-corrected chi connectivity index (χ3v) is 9.16. The minimum Gasteiger partial charge on any atom is -0.504 e. The van der Waals surface area contributed by atoms with E-state index in [1.807, 2.05) is 0 Å². The van der Waals surface area contributed by atoms with Gasteiger partial charge in [0.05, 0.1) is 38.7 Å². The van der Waals surface area contributed by atoms with E-state index in [0.29, 0.717) is 22.3 Å². The number of aromatic nitrogens is 8. The summed E-state index contributed by atoms with van der Waals surface area (Å²) >= 11 is 6.13. The van der Waals surface area contributed by atoms with Crippen molar-refractivity contribution in [3.8, 4) is 17.1 Å². The van der Waals surface area contributed by atoms with Gasteiger partial charge in [0, 0.05) is 44.1 Å². The van der Waals surface area contributed by atoms with Crippen molar-refractivity contribution in [1.29, 1.82) is 0 Å². The molecule has 0 spiro atoms. The van der Waals surface area contributed by atoms with E-state index in [1.165, 1.54) is 15.8 Å². The fourth-order valence-electron chi connectivity index (χ4n) is 6.19. The van der Waals surface area contributed by atoms with Gasteiger partial charge in [-0.25, -0.2) is 9.97 Å². The van der Waals surface area contributed by atoms with E-state index >= 15 is 0 Å². The molecule has 1 aliphatic rings. The first kappa shape index (κ1) is 35.2. The number of benzene rings is 2. The Labute approximate surface area is 302 Å². The molecule has 4 aromatic heterocycles. The van der Waals surface area contributed by atoms with Gasteiger partial charge in [0.25, 0.3) is 11.5 Å². The lowest BCUT2D eigenvalue weighted by atomic mass is 10.2. The van der Waals surface area contributed by atoms with Gasteiger partial charge in [-0.3, -0.25) is 24.4 Å². The summed E-state index contributed by atoms with van der Waals surface area (Å²) in [5.74, 6) is -1.24. The molecule has 2 aromatic carbocycles. The van der Waals surface area contributed by atoms with E-state index < -0.39 is 35.7 Å². The lowest BCUT2D eigenvalue weighted by molar-refractivity contribution is -0.137. The molecule has 15 nitrogen and oxygen atoms in total. The number of carbonyl (C=O) groups excluding carboxylic acids is 2. The molecule has 0 atom stereocenters. The zero-order valence-corrected chi connectivity index (χ0v) is 28.9. The van der Waals surface area contributed by atoms with Crippen molar-refractivity contribution in [2.24, 2.45) is 0 Å². The molecule has 19 heteroatoms. The van der Waals surface area contributed by atoms with Gasteiger partial charge in [0.15, 0.2) is 17.3 Å². The smallest absolute Gasteiger partial charge is 0.416 e. The van der Waals surface area contributed by atoms with Gasteiger partial charge in [-0.2, -0.15) is 22.7 Å². The summed E-state index contributed by atoms with van der Waals surface area (Å²) in [6.45, 7) is 3.72. The van der Waals surface area contributed by atoms with Crippen molar-refractivity contribution in [2.45, 2.75) is 33.0 Å². The van der Waals surface area contributed by atoms with E-state index in [9.17, 15) is 32.7 Å². The van der Waals surface area contributed by atoms with Gasteiger partial charge in [-0.05, 0) is 49.7 Å². The van der Waals surface area contributed by atoms with E-state index in [-0.39, 0.29) is 77.7 Å². The topological polar surface area (TPSA) is 177 Å². The highest BCUT2D eigenvalue weighted by Crippen LogP contribution is 2.34. The van der Waals surface area contributed by atoms with E-state index in [1.54, 1.807) is 49.3 Å². The maximum atomic E-state index is 14.3. The van der Waals surface area contributed by atoms with E-state index in [2.05, 4.69) is 35.3 Å². The Morgan fingerprint density at radius 1 is 0.981 bits per heavy atom. The number of carbonyl (C=O) groups is 2. The summed E-state index contributed by atoms with van der Waals surface area (Å²) in [6.07, 6.45) is -0.0674. The average molecular weight is 748 g/mol. The van der Waals surface area contributed by atoms with Gasteiger partial charge in [-0.15, -0.1) is 5.10 Å². The Hall–Kier alpha value is -6.17. The van der Waals surface area contributed by atoms with Gasteiger partial charge in [0.1, 0.15) is 18.6 Å². The molecule has 0 saturated carbocycles. The minimum absolute atomic E-state index is 0.0369. The number of amides is 2. The third-order valence-electron chi connectivity index (χ3n) is 8.85. The van der Waals surface area contributed by atoms with Gasteiger partial charge < -0.3 is 24.8 Å². The van der Waals surface area contributed by atoms with Crippen LogP contribution >= 0.6 is 11.6 Å². The highest BCUT2D eigenvalue weighted by atomic mass is 35.5. The number of piperazine rings is 1. The standard InChI is InChI=1S/C34H29ClF3N11O4/c1-3-25-28(46-10-12-47(13-11-46)31(52)27-29(51)18(2)41-17-42-27)32(53)49-33(44-30(45-49)19-4-6-23-24(14-19)40-9-8-39-23)48(25)16-26(50)43-22-7-5-20(15-21(22)35)34(36,37)38/h4-9,14-15,17,51H,3,10-13,16H2,1-2H3,(H,43,50). The molecule has 1 aliphatic heterocycles. The molecule has 0 radical (unpaired) electrons. The van der Waals surface area contributed by atoms with Gasteiger partial charge in [0.2, 0.25) is 11.7 Å². The molecule has 7 rings (SSSR count).